The fraction of sp³-hybridized carbons (Fsp3) is 0.556. The first-order valence-corrected chi connectivity index (χ1v) is 15.1. The Morgan fingerprint density at radius 3 is 2.51 bits per heavy atom. The number of nitrogens with one attached hydrogen (secondary N) is 2. The summed E-state index contributed by atoms with van der Waals surface area (Å²) < 4.78 is 56.2. The van der Waals surface area contributed by atoms with E-state index in [4.69, 9.17) is 5.11 Å². The van der Waals surface area contributed by atoms with Gasteiger partial charge in [-0.15, -0.1) is 0 Å². The van der Waals surface area contributed by atoms with Gasteiger partial charge >= 0.3 is 0 Å². The van der Waals surface area contributed by atoms with E-state index in [1.165, 1.54) is 41.8 Å². The highest BCUT2D eigenvalue weighted by molar-refractivity contribution is 7.92. The second-order valence-corrected chi connectivity index (χ2v) is 12.9. The van der Waals surface area contributed by atoms with E-state index < -0.39 is 52.2 Å². The minimum Gasteiger partial charge on any atom is -0.395 e. The number of nitrogens with zero attached hydrogens (tertiary/aromatic N) is 2. The first kappa shape index (κ1) is 27.6. The van der Waals surface area contributed by atoms with Crippen molar-refractivity contribution in [3.05, 3.63) is 52.4 Å². The van der Waals surface area contributed by atoms with Gasteiger partial charge in [-0.2, -0.15) is 0 Å². The third kappa shape index (κ3) is 6.27. The molecule has 5 rings (SSSR count). The molecule has 1 atom stereocenters. The molecule has 1 aromatic carbocycles. The summed E-state index contributed by atoms with van der Waals surface area (Å²) in [4.78, 5) is 28.7. The smallest absolute Gasteiger partial charge is 0.274 e. The maximum absolute atomic E-state index is 14.0. The van der Waals surface area contributed by atoms with Crippen molar-refractivity contribution in [1.82, 2.24) is 4.57 Å². The van der Waals surface area contributed by atoms with E-state index >= 15 is 0 Å². The molecule has 3 aliphatic rings. The fourth-order valence-electron chi connectivity index (χ4n) is 5.76. The van der Waals surface area contributed by atoms with Gasteiger partial charge in [0, 0.05) is 38.2 Å². The van der Waals surface area contributed by atoms with E-state index in [9.17, 15) is 26.8 Å². The van der Waals surface area contributed by atoms with Crippen LogP contribution in [0.2, 0.25) is 0 Å². The predicted molar refractivity (Wildman–Crippen MR) is 145 cm³/mol. The summed E-state index contributed by atoms with van der Waals surface area (Å²) in [7, 11) is -3.77. The number of rotatable bonds is 8. The summed E-state index contributed by atoms with van der Waals surface area (Å²) >= 11 is 0. The molecule has 3 fully saturated rings. The number of aliphatic hydroxyl groups is 1. The Labute approximate surface area is 226 Å². The lowest BCUT2D eigenvalue weighted by Gasteiger charge is -2.35. The molecule has 1 spiro atoms. The Balaban J connectivity index is 1.41. The third-order valence-electron chi connectivity index (χ3n) is 8.23. The van der Waals surface area contributed by atoms with Crippen molar-refractivity contribution in [2.24, 2.45) is 5.41 Å². The van der Waals surface area contributed by atoms with E-state index in [1.54, 1.807) is 12.1 Å². The quantitative estimate of drug-likeness (QED) is 0.446. The SMILES string of the molecule is O=C(Nc1cccn(C2CCCC(F)(F)C2)c1=O)c1ccc(NS(=O)(=O)CCO)cc1N1CCC2(CC1)CC2. The predicted octanol–water partition coefficient (Wildman–Crippen LogP) is 3.97. The van der Waals surface area contributed by atoms with Crippen molar-refractivity contribution in [3.63, 3.8) is 0 Å². The number of alkyl halides is 2. The minimum absolute atomic E-state index is 0.00866. The monoisotopic (exact) mass is 564 g/mol. The van der Waals surface area contributed by atoms with Crippen molar-refractivity contribution in [2.45, 2.75) is 63.3 Å². The van der Waals surface area contributed by atoms with E-state index in [0.717, 1.165) is 12.8 Å². The summed E-state index contributed by atoms with van der Waals surface area (Å²) in [5.74, 6) is -3.83. The third-order valence-corrected chi connectivity index (χ3v) is 9.49. The van der Waals surface area contributed by atoms with E-state index in [-0.39, 0.29) is 23.4 Å². The van der Waals surface area contributed by atoms with Gasteiger partial charge in [0.1, 0.15) is 5.69 Å². The van der Waals surface area contributed by atoms with Crippen LogP contribution in [0.5, 0.6) is 0 Å². The first-order chi connectivity index (χ1) is 18.5. The molecule has 9 nitrogen and oxygen atoms in total. The molecular weight excluding hydrogens is 530 g/mol. The largest absolute Gasteiger partial charge is 0.395 e. The molecule has 1 aliphatic heterocycles. The molecule has 1 saturated heterocycles. The zero-order chi connectivity index (χ0) is 27.8. The van der Waals surface area contributed by atoms with Crippen LogP contribution in [0.25, 0.3) is 0 Å². The molecule has 2 saturated carbocycles. The average Bonchev–Trinajstić information content (AvgIpc) is 3.63. The van der Waals surface area contributed by atoms with Gasteiger partial charge in [0.25, 0.3) is 11.5 Å². The number of hydrogen-bond donors (Lipinski definition) is 3. The van der Waals surface area contributed by atoms with Gasteiger partial charge in [0.15, 0.2) is 0 Å². The van der Waals surface area contributed by atoms with Gasteiger partial charge in [-0.3, -0.25) is 14.3 Å². The fourth-order valence-corrected chi connectivity index (χ4v) is 6.59. The van der Waals surface area contributed by atoms with Gasteiger partial charge in [-0.05, 0) is 74.3 Å². The maximum Gasteiger partial charge on any atom is 0.274 e. The summed E-state index contributed by atoms with van der Waals surface area (Å²) in [5, 5.41) is 11.7. The van der Waals surface area contributed by atoms with Crippen LogP contribution < -0.4 is 20.5 Å². The van der Waals surface area contributed by atoms with Crippen LogP contribution in [0.15, 0.2) is 41.3 Å². The van der Waals surface area contributed by atoms with E-state index in [1.807, 2.05) is 0 Å². The van der Waals surface area contributed by atoms with E-state index in [0.29, 0.717) is 37.0 Å². The normalized spacial score (nSPS) is 21.9. The Morgan fingerprint density at radius 2 is 1.85 bits per heavy atom. The van der Waals surface area contributed by atoms with Crippen LogP contribution in [-0.2, 0) is 10.0 Å². The van der Waals surface area contributed by atoms with Gasteiger partial charge in [0.2, 0.25) is 15.9 Å². The number of benzene rings is 1. The summed E-state index contributed by atoms with van der Waals surface area (Å²) in [6.45, 7) is 0.895. The molecule has 1 amide bonds. The van der Waals surface area contributed by atoms with Gasteiger partial charge in [-0.25, -0.2) is 17.2 Å². The molecule has 3 N–H and O–H groups in total. The number of sulfonamides is 1. The molecule has 2 aromatic rings. The van der Waals surface area contributed by atoms with Gasteiger partial charge < -0.3 is 19.9 Å². The van der Waals surface area contributed by atoms with Crippen LogP contribution in [0.3, 0.4) is 0 Å². The van der Waals surface area contributed by atoms with Crippen molar-refractivity contribution in [3.8, 4) is 0 Å². The maximum atomic E-state index is 14.0. The Hall–Kier alpha value is -2.99. The highest BCUT2D eigenvalue weighted by Crippen LogP contribution is 2.54. The number of aliphatic hydroxyl groups excluding tert-OH is 1. The second kappa shape index (κ2) is 10.5. The number of carbonyl (C=O) groups is 1. The first-order valence-electron chi connectivity index (χ1n) is 13.4. The molecule has 2 aliphatic carbocycles. The molecule has 39 heavy (non-hydrogen) atoms. The summed E-state index contributed by atoms with van der Waals surface area (Å²) in [5.41, 5.74) is 0.899. The number of pyridine rings is 1. The number of aromatic nitrogens is 1. The van der Waals surface area contributed by atoms with Crippen LogP contribution in [0.1, 0.15) is 67.8 Å². The summed E-state index contributed by atoms with van der Waals surface area (Å²) in [6.07, 6.45) is 5.99. The van der Waals surface area contributed by atoms with Crippen LogP contribution >= 0.6 is 0 Å². The molecular formula is C27H34F2N4O5S. The Bertz CT molecular complexity index is 1400. The molecule has 0 radical (unpaired) electrons. The molecule has 12 heteroatoms. The molecule has 212 valence electrons. The number of hydrogen-bond acceptors (Lipinski definition) is 6. The highest BCUT2D eigenvalue weighted by Gasteiger charge is 2.44. The lowest BCUT2D eigenvalue weighted by molar-refractivity contribution is -0.0500. The van der Waals surface area contributed by atoms with Crippen molar-refractivity contribution in [1.29, 1.82) is 0 Å². The molecule has 2 heterocycles. The number of amides is 1. The van der Waals surface area contributed by atoms with Crippen molar-refractivity contribution >= 4 is 33.0 Å². The topological polar surface area (TPSA) is 121 Å². The van der Waals surface area contributed by atoms with E-state index in [2.05, 4.69) is 14.9 Å². The Kier molecular flexibility index (Phi) is 7.45. The van der Waals surface area contributed by atoms with Crippen LogP contribution in [0, 0.1) is 5.41 Å². The standard InChI is InChI=1S/C27H34F2N4O5S/c28-27(29)7-1-3-20(18-27)33-12-2-4-22(25(33)36)30-24(35)21-6-5-19(31-39(37,38)16-15-34)17-23(21)32-13-10-26(8-9-26)11-14-32/h2,4-6,12,17,20,31,34H,1,3,7-11,13-16,18H2,(H,30,35). The van der Waals surface area contributed by atoms with Crippen molar-refractivity contribution in [2.75, 3.05) is 40.4 Å². The second-order valence-electron chi connectivity index (χ2n) is 11.1. The Morgan fingerprint density at radius 1 is 1.10 bits per heavy atom. The molecule has 0 bridgehead atoms. The lowest BCUT2D eigenvalue weighted by atomic mass is 9.92. The van der Waals surface area contributed by atoms with Crippen LogP contribution in [0.4, 0.5) is 25.8 Å². The lowest BCUT2D eigenvalue weighted by Crippen LogP contribution is -2.36. The van der Waals surface area contributed by atoms with Gasteiger partial charge in [0.05, 0.1) is 29.3 Å². The number of anilines is 3. The zero-order valence-corrected chi connectivity index (χ0v) is 22.5. The zero-order valence-electron chi connectivity index (χ0n) is 21.7. The number of halogens is 2. The van der Waals surface area contributed by atoms with Crippen molar-refractivity contribution < 1.29 is 27.1 Å². The average molecular weight is 565 g/mol. The van der Waals surface area contributed by atoms with Crippen LogP contribution in [-0.4, -0.2) is 55.4 Å². The summed E-state index contributed by atoms with van der Waals surface area (Å²) in [6, 6.07) is 6.93. The molecule has 1 unspecified atom stereocenters. The molecule has 1 aromatic heterocycles. The number of carbonyl (C=O) groups excluding carboxylic acids is 1. The van der Waals surface area contributed by atoms with Gasteiger partial charge in [-0.1, -0.05) is 0 Å². The highest BCUT2D eigenvalue weighted by atomic mass is 32.2. The minimum atomic E-state index is -3.77. The number of piperidine rings is 1.